The standard InChI is InChI=1S/C27H28N4O2S/c1-3-33-23-14-12-21(13-15-23)25(20-9-5-4-6-10-20)28-24(32)16-17-31-26(29-30-27(31)34)22-11-7-8-19(2)18-22/h4-15,18,25H,3,16-17H2,1-2H3,(H,28,32)(H,30,34). The summed E-state index contributed by atoms with van der Waals surface area (Å²) >= 11 is 5.43. The van der Waals surface area contributed by atoms with Gasteiger partial charge in [0.15, 0.2) is 10.6 Å². The zero-order valence-corrected chi connectivity index (χ0v) is 20.1. The highest BCUT2D eigenvalue weighted by molar-refractivity contribution is 7.71. The van der Waals surface area contributed by atoms with E-state index in [2.05, 4.69) is 21.6 Å². The number of amides is 1. The molecule has 0 aliphatic carbocycles. The van der Waals surface area contributed by atoms with Gasteiger partial charge in [-0.1, -0.05) is 66.2 Å². The number of hydrogen-bond donors (Lipinski definition) is 2. The number of H-pyrrole nitrogens is 1. The first-order chi connectivity index (χ1) is 16.5. The zero-order valence-electron chi connectivity index (χ0n) is 19.3. The van der Waals surface area contributed by atoms with Gasteiger partial charge in [0.1, 0.15) is 5.75 Å². The molecule has 1 heterocycles. The number of aromatic amines is 1. The van der Waals surface area contributed by atoms with Crippen molar-refractivity contribution in [3.63, 3.8) is 0 Å². The Hall–Kier alpha value is -3.71. The van der Waals surface area contributed by atoms with E-state index < -0.39 is 0 Å². The summed E-state index contributed by atoms with van der Waals surface area (Å²) in [6.07, 6.45) is 0.271. The molecular formula is C27H28N4O2S. The van der Waals surface area contributed by atoms with Crippen molar-refractivity contribution in [2.75, 3.05) is 6.61 Å². The first kappa shape index (κ1) is 23.4. The maximum Gasteiger partial charge on any atom is 0.222 e. The predicted molar refractivity (Wildman–Crippen MR) is 136 cm³/mol. The van der Waals surface area contributed by atoms with Crippen LogP contribution in [0, 0.1) is 11.7 Å². The number of aryl methyl sites for hydroxylation is 1. The molecule has 7 heteroatoms. The molecule has 0 radical (unpaired) electrons. The fourth-order valence-corrected chi connectivity index (χ4v) is 4.13. The highest BCUT2D eigenvalue weighted by Crippen LogP contribution is 2.25. The summed E-state index contributed by atoms with van der Waals surface area (Å²) < 4.78 is 7.93. The molecule has 1 unspecified atom stereocenters. The first-order valence-electron chi connectivity index (χ1n) is 11.3. The molecule has 0 saturated carbocycles. The third kappa shape index (κ3) is 5.61. The molecular weight excluding hydrogens is 444 g/mol. The number of ether oxygens (including phenoxy) is 1. The van der Waals surface area contributed by atoms with Crippen LogP contribution in [0.4, 0.5) is 0 Å². The van der Waals surface area contributed by atoms with E-state index in [-0.39, 0.29) is 18.4 Å². The Balaban J connectivity index is 1.51. The number of rotatable bonds is 9. The molecule has 6 nitrogen and oxygen atoms in total. The molecule has 174 valence electrons. The molecule has 1 aromatic heterocycles. The quantitative estimate of drug-likeness (QED) is 0.311. The minimum Gasteiger partial charge on any atom is -0.494 e. The van der Waals surface area contributed by atoms with Crippen molar-refractivity contribution in [3.8, 4) is 17.1 Å². The molecule has 1 amide bonds. The van der Waals surface area contributed by atoms with Crippen LogP contribution in [-0.4, -0.2) is 27.3 Å². The molecule has 0 fully saturated rings. The van der Waals surface area contributed by atoms with Gasteiger partial charge in [-0.05, 0) is 55.4 Å². The Morgan fingerprint density at radius 3 is 2.50 bits per heavy atom. The zero-order chi connectivity index (χ0) is 23.9. The maximum atomic E-state index is 13.1. The van der Waals surface area contributed by atoms with Crippen LogP contribution in [0.15, 0.2) is 78.9 Å². The summed E-state index contributed by atoms with van der Waals surface area (Å²) in [6.45, 7) is 5.03. The van der Waals surface area contributed by atoms with E-state index in [1.54, 1.807) is 0 Å². The van der Waals surface area contributed by atoms with Crippen molar-refractivity contribution in [1.29, 1.82) is 0 Å². The topological polar surface area (TPSA) is 71.9 Å². The van der Waals surface area contributed by atoms with Gasteiger partial charge in [0.2, 0.25) is 5.91 Å². The van der Waals surface area contributed by atoms with Crippen LogP contribution in [0.2, 0.25) is 0 Å². The van der Waals surface area contributed by atoms with Crippen LogP contribution in [0.5, 0.6) is 5.75 Å². The Kier molecular flexibility index (Phi) is 7.54. The van der Waals surface area contributed by atoms with Crippen LogP contribution in [0.1, 0.15) is 36.1 Å². The smallest absolute Gasteiger partial charge is 0.222 e. The second kappa shape index (κ2) is 10.9. The van der Waals surface area contributed by atoms with Gasteiger partial charge in [-0.25, -0.2) is 0 Å². The number of aromatic nitrogens is 3. The lowest BCUT2D eigenvalue weighted by molar-refractivity contribution is -0.121. The predicted octanol–water partition coefficient (Wildman–Crippen LogP) is 5.61. The normalized spacial score (nSPS) is 11.7. The highest BCUT2D eigenvalue weighted by Gasteiger charge is 2.18. The van der Waals surface area contributed by atoms with Gasteiger partial charge in [0, 0.05) is 18.5 Å². The third-order valence-electron chi connectivity index (χ3n) is 5.56. The van der Waals surface area contributed by atoms with Gasteiger partial charge >= 0.3 is 0 Å². The molecule has 2 N–H and O–H groups in total. The Labute approximate surface area is 204 Å². The number of nitrogens with zero attached hydrogens (tertiary/aromatic N) is 2. The largest absolute Gasteiger partial charge is 0.494 e. The Morgan fingerprint density at radius 1 is 1.06 bits per heavy atom. The third-order valence-corrected chi connectivity index (χ3v) is 5.87. The number of hydrogen-bond acceptors (Lipinski definition) is 4. The van der Waals surface area contributed by atoms with Gasteiger partial charge in [-0.3, -0.25) is 14.5 Å². The van der Waals surface area contributed by atoms with Gasteiger partial charge in [-0.15, -0.1) is 0 Å². The molecule has 0 bridgehead atoms. The number of carbonyl (C=O) groups is 1. The summed E-state index contributed by atoms with van der Waals surface area (Å²) in [5.41, 5.74) is 4.10. The van der Waals surface area contributed by atoms with Gasteiger partial charge in [0.25, 0.3) is 0 Å². The number of nitrogens with one attached hydrogen (secondary N) is 2. The molecule has 4 aromatic rings. The van der Waals surface area contributed by atoms with Crippen molar-refractivity contribution in [2.24, 2.45) is 0 Å². The second-order valence-electron chi connectivity index (χ2n) is 8.04. The highest BCUT2D eigenvalue weighted by atomic mass is 32.1. The Morgan fingerprint density at radius 2 is 1.79 bits per heavy atom. The van der Waals surface area contributed by atoms with Crippen LogP contribution < -0.4 is 10.1 Å². The van der Waals surface area contributed by atoms with E-state index in [1.807, 2.05) is 91.2 Å². The molecule has 0 aliphatic heterocycles. The monoisotopic (exact) mass is 472 g/mol. The van der Waals surface area contributed by atoms with Gasteiger partial charge < -0.3 is 10.1 Å². The van der Waals surface area contributed by atoms with Crippen LogP contribution in [-0.2, 0) is 11.3 Å². The van der Waals surface area contributed by atoms with Gasteiger partial charge in [0.05, 0.1) is 12.6 Å². The SMILES string of the molecule is CCOc1ccc(C(NC(=O)CCn2c(-c3cccc(C)c3)n[nH]c2=S)c2ccccc2)cc1. The van der Waals surface area contributed by atoms with Crippen molar-refractivity contribution < 1.29 is 9.53 Å². The first-order valence-corrected chi connectivity index (χ1v) is 11.8. The fraction of sp³-hybridized carbons (Fsp3) is 0.222. The molecule has 1 atom stereocenters. The molecule has 0 aliphatic rings. The summed E-state index contributed by atoms with van der Waals surface area (Å²) in [7, 11) is 0. The lowest BCUT2D eigenvalue weighted by Gasteiger charge is -2.20. The molecule has 4 rings (SSSR count). The fourth-order valence-electron chi connectivity index (χ4n) is 3.90. The van der Waals surface area contributed by atoms with E-state index in [1.165, 1.54) is 0 Å². The maximum absolute atomic E-state index is 13.1. The molecule has 3 aromatic carbocycles. The summed E-state index contributed by atoms with van der Waals surface area (Å²) in [5.74, 6) is 1.47. The van der Waals surface area contributed by atoms with Crippen LogP contribution >= 0.6 is 12.2 Å². The molecule has 0 saturated heterocycles. The van der Waals surface area contributed by atoms with Crippen molar-refractivity contribution >= 4 is 18.1 Å². The average molecular weight is 473 g/mol. The summed E-state index contributed by atoms with van der Waals surface area (Å²) in [5, 5.41) is 10.4. The molecule has 34 heavy (non-hydrogen) atoms. The van der Waals surface area contributed by atoms with E-state index in [9.17, 15) is 4.79 Å². The van der Waals surface area contributed by atoms with E-state index in [0.29, 0.717) is 17.9 Å². The van der Waals surface area contributed by atoms with Crippen molar-refractivity contribution in [1.82, 2.24) is 20.1 Å². The minimum absolute atomic E-state index is 0.0685. The average Bonchev–Trinajstić information content (AvgIpc) is 3.23. The van der Waals surface area contributed by atoms with Gasteiger partial charge in [-0.2, -0.15) is 5.10 Å². The Bertz CT molecular complexity index is 1300. The van der Waals surface area contributed by atoms with E-state index in [4.69, 9.17) is 17.0 Å². The minimum atomic E-state index is -0.266. The summed E-state index contributed by atoms with van der Waals surface area (Å²) in [4.78, 5) is 13.1. The van der Waals surface area contributed by atoms with Crippen LogP contribution in [0.25, 0.3) is 11.4 Å². The lowest BCUT2D eigenvalue weighted by Crippen LogP contribution is -2.30. The van der Waals surface area contributed by atoms with E-state index in [0.717, 1.165) is 33.8 Å². The second-order valence-corrected chi connectivity index (χ2v) is 8.42. The van der Waals surface area contributed by atoms with Crippen LogP contribution in [0.3, 0.4) is 0 Å². The molecule has 0 spiro atoms. The van der Waals surface area contributed by atoms with E-state index >= 15 is 0 Å². The lowest BCUT2D eigenvalue weighted by atomic mass is 9.98. The summed E-state index contributed by atoms with van der Waals surface area (Å²) in [6, 6.07) is 25.6. The number of carbonyl (C=O) groups excluding carboxylic acids is 1. The van der Waals surface area contributed by atoms with Crippen molar-refractivity contribution in [3.05, 3.63) is 100 Å². The van der Waals surface area contributed by atoms with Crippen molar-refractivity contribution in [2.45, 2.75) is 32.9 Å². The number of benzene rings is 3.